The summed E-state index contributed by atoms with van der Waals surface area (Å²) in [6.07, 6.45) is 4.04. The largest absolute Gasteiger partial charge is 0.497 e. The minimum Gasteiger partial charge on any atom is -0.497 e. The normalized spacial score (nSPS) is 18.4. The smallest absolute Gasteiger partial charge is 0.258 e. The summed E-state index contributed by atoms with van der Waals surface area (Å²) in [4.78, 5) is 14.8. The molecule has 2 rings (SSSR count). The van der Waals surface area contributed by atoms with Crippen LogP contribution in [0, 0.1) is 0 Å². The summed E-state index contributed by atoms with van der Waals surface area (Å²) in [5.41, 5.74) is 0.554. The van der Waals surface area contributed by atoms with Gasteiger partial charge < -0.3 is 14.4 Å². The standard InChI is InChI=1S/C16H22ClNO3/c1-20-13-6-7-15(21-2)14(11-13)16(19)18-10-4-3-5-12(18)8-9-17/h6-7,11-12H,3-5,8-10H2,1-2H3. The van der Waals surface area contributed by atoms with Crippen LogP contribution in [0.15, 0.2) is 18.2 Å². The number of rotatable bonds is 5. The van der Waals surface area contributed by atoms with Crippen LogP contribution < -0.4 is 9.47 Å². The molecule has 1 aliphatic rings. The van der Waals surface area contributed by atoms with Gasteiger partial charge in [-0.2, -0.15) is 0 Å². The van der Waals surface area contributed by atoms with Gasteiger partial charge in [0, 0.05) is 18.5 Å². The molecule has 0 aliphatic carbocycles. The van der Waals surface area contributed by atoms with E-state index in [1.54, 1.807) is 32.4 Å². The molecule has 116 valence electrons. The molecule has 0 bridgehead atoms. The van der Waals surface area contributed by atoms with Gasteiger partial charge >= 0.3 is 0 Å². The Balaban J connectivity index is 2.28. The Kier molecular flexibility index (Phi) is 5.74. The van der Waals surface area contributed by atoms with Crippen molar-refractivity contribution in [3.05, 3.63) is 23.8 Å². The first-order valence-corrected chi connectivity index (χ1v) is 7.83. The average Bonchev–Trinajstić information content (AvgIpc) is 2.54. The third kappa shape index (κ3) is 3.62. The molecule has 1 amide bonds. The highest BCUT2D eigenvalue weighted by Gasteiger charge is 2.28. The van der Waals surface area contributed by atoms with Gasteiger partial charge in [0.2, 0.25) is 0 Å². The fourth-order valence-electron chi connectivity index (χ4n) is 2.83. The molecule has 0 radical (unpaired) electrons. The lowest BCUT2D eigenvalue weighted by atomic mass is 9.98. The minimum absolute atomic E-state index is 0.000525. The van der Waals surface area contributed by atoms with Gasteiger partial charge in [-0.3, -0.25) is 4.79 Å². The monoisotopic (exact) mass is 311 g/mol. The Bertz CT molecular complexity index is 490. The van der Waals surface area contributed by atoms with Crippen molar-refractivity contribution in [3.63, 3.8) is 0 Å². The van der Waals surface area contributed by atoms with E-state index in [1.165, 1.54) is 0 Å². The molecule has 1 heterocycles. The second-order valence-corrected chi connectivity index (χ2v) is 5.57. The number of nitrogens with zero attached hydrogens (tertiary/aromatic N) is 1. The van der Waals surface area contributed by atoms with Crippen molar-refractivity contribution in [1.82, 2.24) is 4.90 Å². The topological polar surface area (TPSA) is 38.8 Å². The third-order valence-electron chi connectivity index (χ3n) is 3.97. The predicted octanol–water partition coefficient (Wildman–Crippen LogP) is 3.33. The van der Waals surface area contributed by atoms with E-state index in [1.807, 2.05) is 4.90 Å². The molecule has 0 N–H and O–H groups in total. The Morgan fingerprint density at radius 3 is 2.81 bits per heavy atom. The fraction of sp³-hybridized carbons (Fsp3) is 0.562. The van der Waals surface area contributed by atoms with Crippen molar-refractivity contribution in [2.24, 2.45) is 0 Å². The number of methoxy groups -OCH3 is 2. The van der Waals surface area contributed by atoms with E-state index in [-0.39, 0.29) is 11.9 Å². The molecule has 1 aliphatic heterocycles. The Labute approximate surface area is 131 Å². The zero-order valence-corrected chi connectivity index (χ0v) is 13.4. The zero-order valence-electron chi connectivity index (χ0n) is 12.6. The number of alkyl halides is 1. The van der Waals surface area contributed by atoms with Crippen LogP contribution in [0.25, 0.3) is 0 Å². The van der Waals surface area contributed by atoms with E-state index < -0.39 is 0 Å². The molecule has 1 aromatic rings. The van der Waals surface area contributed by atoms with Crippen molar-refractivity contribution in [3.8, 4) is 11.5 Å². The molecule has 0 spiro atoms. The molecule has 1 saturated heterocycles. The molecule has 1 fully saturated rings. The first kappa shape index (κ1) is 16.0. The van der Waals surface area contributed by atoms with Crippen molar-refractivity contribution in [2.45, 2.75) is 31.7 Å². The highest BCUT2D eigenvalue weighted by molar-refractivity contribution is 6.17. The quantitative estimate of drug-likeness (QED) is 0.783. The highest BCUT2D eigenvalue weighted by atomic mass is 35.5. The molecule has 0 saturated carbocycles. The van der Waals surface area contributed by atoms with Crippen LogP contribution in [-0.2, 0) is 0 Å². The lowest BCUT2D eigenvalue weighted by Crippen LogP contribution is -2.44. The zero-order chi connectivity index (χ0) is 15.2. The number of carbonyl (C=O) groups excluding carboxylic acids is 1. The Morgan fingerprint density at radius 1 is 1.33 bits per heavy atom. The summed E-state index contributed by atoms with van der Waals surface area (Å²) in [5.74, 6) is 1.81. The number of amides is 1. The number of carbonyl (C=O) groups is 1. The molecule has 5 heteroatoms. The molecular weight excluding hydrogens is 290 g/mol. The maximum absolute atomic E-state index is 12.9. The number of ether oxygens (including phenoxy) is 2. The number of piperidine rings is 1. The lowest BCUT2D eigenvalue weighted by molar-refractivity contribution is 0.0605. The van der Waals surface area contributed by atoms with Gasteiger partial charge in [0.15, 0.2) is 0 Å². The van der Waals surface area contributed by atoms with Crippen LogP contribution in [0.3, 0.4) is 0 Å². The first-order valence-electron chi connectivity index (χ1n) is 7.30. The van der Waals surface area contributed by atoms with E-state index in [0.29, 0.717) is 22.9 Å². The number of likely N-dealkylation sites (tertiary alicyclic amines) is 1. The predicted molar refractivity (Wildman–Crippen MR) is 83.6 cm³/mol. The third-order valence-corrected chi connectivity index (χ3v) is 4.19. The van der Waals surface area contributed by atoms with E-state index in [4.69, 9.17) is 21.1 Å². The fourth-order valence-corrected chi connectivity index (χ4v) is 3.08. The number of halogens is 1. The summed E-state index contributed by atoms with van der Waals surface area (Å²) in [7, 11) is 3.16. The summed E-state index contributed by atoms with van der Waals surface area (Å²) in [5, 5.41) is 0. The van der Waals surface area contributed by atoms with E-state index >= 15 is 0 Å². The first-order chi connectivity index (χ1) is 10.2. The average molecular weight is 312 g/mol. The van der Waals surface area contributed by atoms with Gasteiger partial charge in [-0.1, -0.05) is 0 Å². The number of hydrogen-bond donors (Lipinski definition) is 0. The van der Waals surface area contributed by atoms with Crippen molar-refractivity contribution in [1.29, 1.82) is 0 Å². The molecule has 1 atom stereocenters. The van der Waals surface area contributed by atoms with Gasteiger partial charge in [-0.25, -0.2) is 0 Å². The van der Waals surface area contributed by atoms with E-state index in [2.05, 4.69) is 0 Å². The van der Waals surface area contributed by atoms with Gasteiger partial charge in [0.25, 0.3) is 5.91 Å². The molecular formula is C16H22ClNO3. The van der Waals surface area contributed by atoms with Crippen molar-refractivity contribution < 1.29 is 14.3 Å². The maximum atomic E-state index is 12.9. The second kappa shape index (κ2) is 7.55. The van der Waals surface area contributed by atoms with Crippen molar-refractivity contribution >= 4 is 17.5 Å². The molecule has 1 unspecified atom stereocenters. The van der Waals surface area contributed by atoms with Gasteiger partial charge in [0.05, 0.1) is 19.8 Å². The maximum Gasteiger partial charge on any atom is 0.258 e. The lowest BCUT2D eigenvalue weighted by Gasteiger charge is -2.36. The summed E-state index contributed by atoms with van der Waals surface area (Å²) < 4.78 is 10.5. The van der Waals surface area contributed by atoms with Crippen molar-refractivity contribution in [2.75, 3.05) is 26.6 Å². The summed E-state index contributed by atoms with van der Waals surface area (Å²) in [6, 6.07) is 5.53. The van der Waals surface area contributed by atoms with Crippen LogP contribution >= 0.6 is 11.6 Å². The van der Waals surface area contributed by atoms with E-state index in [0.717, 1.165) is 32.2 Å². The Hall–Kier alpha value is -1.42. The Morgan fingerprint density at radius 2 is 2.14 bits per heavy atom. The highest BCUT2D eigenvalue weighted by Crippen LogP contribution is 2.29. The minimum atomic E-state index is 0.000525. The summed E-state index contributed by atoms with van der Waals surface area (Å²) >= 11 is 5.87. The van der Waals surface area contributed by atoms with Gasteiger partial charge in [-0.05, 0) is 43.9 Å². The van der Waals surface area contributed by atoms with Crippen LogP contribution in [0.5, 0.6) is 11.5 Å². The van der Waals surface area contributed by atoms with E-state index in [9.17, 15) is 4.79 Å². The van der Waals surface area contributed by atoms with Crippen LogP contribution in [0.1, 0.15) is 36.0 Å². The van der Waals surface area contributed by atoms with Gasteiger partial charge in [-0.15, -0.1) is 11.6 Å². The van der Waals surface area contributed by atoms with Crippen LogP contribution in [0.2, 0.25) is 0 Å². The van der Waals surface area contributed by atoms with Gasteiger partial charge in [0.1, 0.15) is 11.5 Å². The SMILES string of the molecule is COc1ccc(OC)c(C(=O)N2CCCCC2CCCl)c1. The number of hydrogen-bond acceptors (Lipinski definition) is 3. The molecule has 21 heavy (non-hydrogen) atoms. The molecule has 1 aromatic carbocycles. The number of benzene rings is 1. The summed E-state index contributed by atoms with van der Waals surface area (Å²) in [6.45, 7) is 0.779. The van der Waals surface area contributed by atoms with Crippen LogP contribution in [0.4, 0.5) is 0 Å². The molecule has 0 aromatic heterocycles. The van der Waals surface area contributed by atoms with Crippen LogP contribution in [-0.4, -0.2) is 43.5 Å². The second-order valence-electron chi connectivity index (χ2n) is 5.19. The molecule has 4 nitrogen and oxygen atoms in total.